The minimum absolute atomic E-state index is 0.115. The predicted octanol–water partition coefficient (Wildman–Crippen LogP) is 5.13. The number of nitro groups is 1. The number of nitrogens with zero attached hydrogens (tertiary/aromatic N) is 3. The molecule has 1 atom stereocenters. The molecule has 0 saturated heterocycles. The molecule has 0 radical (unpaired) electrons. The normalized spacial score (nSPS) is 15.9. The zero-order valence-corrected chi connectivity index (χ0v) is 18.0. The minimum Gasteiger partial charge on any atom is -0.503 e. The van der Waals surface area contributed by atoms with Gasteiger partial charge in [-0.15, -0.1) is 0 Å². The van der Waals surface area contributed by atoms with E-state index in [0.29, 0.717) is 10.2 Å². The first-order valence-electron chi connectivity index (χ1n) is 10.0. The number of amides is 1. The summed E-state index contributed by atoms with van der Waals surface area (Å²) in [5.74, 6) is -2.73. The van der Waals surface area contributed by atoms with Crippen LogP contribution in [0.3, 0.4) is 0 Å². The van der Waals surface area contributed by atoms with E-state index in [1.165, 1.54) is 42.5 Å². The molecule has 5 rings (SSSR count). The number of nitro benzene ring substituents is 1. The molecule has 2 heterocycles. The number of thiazole rings is 1. The number of hydrogen-bond donors (Lipinski definition) is 1. The van der Waals surface area contributed by atoms with Gasteiger partial charge in [-0.25, -0.2) is 9.37 Å². The molecule has 168 valence electrons. The standard InChI is InChI=1S/C24H14FN3O5S/c25-15-9-10-17-18(12-15)34-24(26-17)27-20(14-7-4-8-16(11-14)28(32)33)19(22(30)23(27)31)21(29)13-5-2-1-3-6-13/h1-12,20,30H. The van der Waals surface area contributed by atoms with Gasteiger partial charge in [0.05, 0.1) is 26.8 Å². The molecule has 4 aromatic rings. The van der Waals surface area contributed by atoms with Crippen LogP contribution in [0.25, 0.3) is 10.2 Å². The maximum atomic E-state index is 13.7. The highest BCUT2D eigenvalue weighted by Crippen LogP contribution is 2.44. The molecule has 1 unspecified atom stereocenters. The van der Waals surface area contributed by atoms with Gasteiger partial charge in [-0.05, 0) is 23.8 Å². The van der Waals surface area contributed by atoms with Gasteiger partial charge >= 0.3 is 0 Å². The van der Waals surface area contributed by atoms with Gasteiger partial charge in [0.1, 0.15) is 5.82 Å². The van der Waals surface area contributed by atoms with Crippen molar-refractivity contribution in [2.45, 2.75) is 6.04 Å². The van der Waals surface area contributed by atoms with Gasteiger partial charge in [0, 0.05) is 17.7 Å². The Labute approximate surface area is 195 Å². The quantitative estimate of drug-likeness (QED) is 0.243. The lowest BCUT2D eigenvalue weighted by atomic mass is 9.92. The number of carbonyl (C=O) groups is 2. The molecule has 0 fully saturated rings. The Morgan fingerprint density at radius 2 is 1.85 bits per heavy atom. The summed E-state index contributed by atoms with van der Waals surface area (Å²) in [5.41, 5.74) is 0.447. The van der Waals surface area contributed by atoms with E-state index in [-0.39, 0.29) is 27.5 Å². The van der Waals surface area contributed by atoms with Crippen LogP contribution < -0.4 is 4.90 Å². The second-order valence-electron chi connectivity index (χ2n) is 7.50. The molecule has 10 heteroatoms. The second-order valence-corrected chi connectivity index (χ2v) is 8.50. The number of fused-ring (bicyclic) bond motifs is 1. The number of ketones is 1. The second kappa shape index (κ2) is 8.16. The molecule has 3 aromatic carbocycles. The average Bonchev–Trinajstić information content (AvgIpc) is 3.37. The number of carbonyl (C=O) groups excluding carboxylic acids is 2. The molecule has 0 aliphatic carbocycles. The number of aliphatic hydroxyl groups excluding tert-OH is 1. The van der Waals surface area contributed by atoms with E-state index >= 15 is 0 Å². The fraction of sp³-hybridized carbons (Fsp3) is 0.0417. The zero-order valence-electron chi connectivity index (χ0n) is 17.2. The molecule has 1 aliphatic rings. The number of halogens is 1. The van der Waals surface area contributed by atoms with E-state index in [1.54, 1.807) is 30.3 Å². The van der Waals surface area contributed by atoms with Gasteiger partial charge in [0.15, 0.2) is 16.7 Å². The first kappa shape index (κ1) is 21.4. The number of benzene rings is 3. The third-order valence-electron chi connectivity index (χ3n) is 5.43. The third kappa shape index (κ3) is 3.50. The number of hydrogen-bond acceptors (Lipinski definition) is 7. The summed E-state index contributed by atoms with van der Waals surface area (Å²) < 4.78 is 14.2. The smallest absolute Gasteiger partial charge is 0.296 e. The summed E-state index contributed by atoms with van der Waals surface area (Å²) in [4.78, 5) is 42.9. The number of aromatic nitrogens is 1. The SMILES string of the molecule is O=C(C1=C(O)C(=O)N(c2nc3ccc(F)cc3s2)C1c1cccc([N+](=O)[O-])c1)c1ccccc1. The molecule has 34 heavy (non-hydrogen) atoms. The number of Topliss-reactive ketones (excluding diaryl/α,β-unsaturated/α-hetero) is 1. The summed E-state index contributed by atoms with van der Waals surface area (Å²) in [5, 5.41) is 22.3. The first-order chi connectivity index (χ1) is 16.3. The lowest BCUT2D eigenvalue weighted by Crippen LogP contribution is -2.31. The number of aliphatic hydroxyl groups is 1. The molecule has 1 aliphatic heterocycles. The van der Waals surface area contributed by atoms with Gasteiger partial charge in [-0.1, -0.05) is 53.8 Å². The summed E-state index contributed by atoms with van der Waals surface area (Å²) in [7, 11) is 0. The lowest BCUT2D eigenvalue weighted by Gasteiger charge is -2.24. The van der Waals surface area contributed by atoms with Crippen molar-refractivity contribution in [3.05, 3.63) is 111 Å². The maximum absolute atomic E-state index is 13.7. The predicted molar refractivity (Wildman–Crippen MR) is 123 cm³/mol. The van der Waals surface area contributed by atoms with Crippen molar-refractivity contribution in [3.63, 3.8) is 0 Å². The van der Waals surface area contributed by atoms with Crippen molar-refractivity contribution >= 4 is 44.1 Å². The lowest BCUT2D eigenvalue weighted by molar-refractivity contribution is -0.384. The van der Waals surface area contributed by atoms with Gasteiger partial charge in [-0.3, -0.25) is 24.6 Å². The molecule has 1 N–H and O–H groups in total. The Morgan fingerprint density at radius 3 is 2.59 bits per heavy atom. The Balaban J connectivity index is 1.70. The average molecular weight is 475 g/mol. The third-order valence-corrected chi connectivity index (χ3v) is 6.45. The van der Waals surface area contributed by atoms with E-state index in [0.717, 1.165) is 16.2 Å². The Hall–Kier alpha value is -4.44. The largest absolute Gasteiger partial charge is 0.503 e. The van der Waals surface area contributed by atoms with Crippen molar-refractivity contribution < 1.29 is 24.0 Å². The van der Waals surface area contributed by atoms with Crippen molar-refractivity contribution in [2.75, 3.05) is 4.90 Å². The summed E-state index contributed by atoms with van der Waals surface area (Å²) >= 11 is 1.00. The van der Waals surface area contributed by atoms with Crippen LogP contribution in [0, 0.1) is 15.9 Å². The zero-order chi connectivity index (χ0) is 24.0. The van der Waals surface area contributed by atoms with Crippen LogP contribution in [0.5, 0.6) is 0 Å². The number of anilines is 1. The Morgan fingerprint density at radius 1 is 1.09 bits per heavy atom. The van der Waals surface area contributed by atoms with E-state index in [4.69, 9.17) is 0 Å². The molecule has 0 spiro atoms. The highest BCUT2D eigenvalue weighted by Gasteiger charge is 2.46. The van der Waals surface area contributed by atoms with E-state index < -0.39 is 34.2 Å². The monoisotopic (exact) mass is 475 g/mol. The van der Waals surface area contributed by atoms with Gasteiger partial charge in [0.2, 0.25) is 0 Å². The summed E-state index contributed by atoms with van der Waals surface area (Å²) in [6.45, 7) is 0. The molecule has 1 aromatic heterocycles. The van der Waals surface area contributed by atoms with Gasteiger partial charge in [-0.2, -0.15) is 0 Å². The molecular weight excluding hydrogens is 461 g/mol. The topological polar surface area (TPSA) is 114 Å². The molecule has 8 nitrogen and oxygen atoms in total. The van der Waals surface area contributed by atoms with Crippen LogP contribution in [-0.2, 0) is 4.79 Å². The van der Waals surface area contributed by atoms with Crippen LogP contribution in [0.15, 0.2) is 84.1 Å². The van der Waals surface area contributed by atoms with Crippen molar-refractivity contribution in [3.8, 4) is 0 Å². The van der Waals surface area contributed by atoms with Crippen molar-refractivity contribution in [1.82, 2.24) is 4.98 Å². The van der Waals surface area contributed by atoms with Crippen molar-refractivity contribution in [2.24, 2.45) is 0 Å². The Kier molecular flexibility index (Phi) is 5.14. The number of non-ortho nitro benzene ring substituents is 1. The summed E-state index contributed by atoms with van der Waals surface area (Å²) in [6.07, 6.45) is 0. The van der Waals surface area contributed by atoms with E-state index in [9.17, 15) is 29.2 Å². The van der Waals surface area contributed by atoms with Crippen LogP contribution >= 0.6 is 11.3 Å². The maximum Gasteiger partial charge on any atom is 0.296 e. The minimum atomic E-state index is -1.18. The highest BCUT2D eigenvalue weighted by molar-refractivity contribution is 7.22. The van der Waals surface area contributed by atoms with Gasteiger partial charge in [0.25, 0.3) is 11.6 Å². The van der Waals surface area contributed by atoms with Crippen LogP contribution in [0.2, 0.25) is 0 Å². The van der Waals surface area contributed by atoms with E-state index in [1.807, 2.05) is 0 Å². The summed E-state index contributed by atoms with van der Waals surface area (Å²) in [6, 6.07) is 16.4. The Bertz CT molecular complexity index is 1520. The van der Waals surface area contributed by atoms with Gasteiger partial charge < -0.3 is 5.11 Å². The molecule has 1 amide bonds. The van der Waals surface area contributed by atoms with E-state index in [2.05, 4.69) is 4.98 Å². The van der Waals surface area contributed by atoms with Crippen LogP contribution in [0.1, 0.15) is 22.0 Å². The fourth-order valence-corrected chi connectivity index (χ4v) is 4.91. The molecular formula is C24H14FN3O5S. The number of rotatable bonds is 5. The highest BCUT2D eigenvalue weighted by atomic mass is 32.1. The van der Waals surface area contributed by atoms with Crippen LogP contribution in [-0.4, -0.2) is 26.7 Å². The first-order valence-corrected chi connectivity index (χ1v) is 10.8. The molecule has 0 saturated carbocycles. The van der Waals surface area contributed by atoms with Crippen LogP contribution in [0.4, 0.5) is 15.2 Å². The molecule has 0 bridgehead atoms. The van der Waals surface area contributed by atoms with Crippen molar-refractivity contribution in [1.29, 1.82) is 0 Å². The fourth-order valence-electron chi connectivity index (χ4n) is 3.89.